The van der Waals surface area contributed by atoms with Gasteiger partial charge in [0.2, 0.25) is 5.88 Å². The van der Waals surface area contributed by atoms with Gasteiger partial charge in [-0.3, -0.25) is 0 Å². The second kappa shape index (κ2) is 5.32. The van der Waals surface area contributed by atoms with Gasteiger partial charge in [0.15, 0.2) is 0 Å². The number of ether oxygens (including phenoxy) is 1. The first kappa shape index (κ1) is 11.5. The molecule has 1 aromatic carbocycles. The first-order valence-electron chi connectivity index (χ1n) is 4.64. The molecule has 1 rings (SSSR count). The second-order valence-corrected chi connectivity index (χ2v) is 3.31. The number of hydrogen-bond donors (Lipinski definition) is 1. The molecule has 0 atom stereocenters. The monoisotopic (exact) mass is 205 g/mol. The molecule has 0 aliphatic heterocycles. The predicted octanol–water partition coefficient (Wildman–Crippen LogP) is 2.59. The SMILES string of the molecule is C=C(O)N=Cc1cc(C)ccc1COC. The van der Waals surface area contributed by atoms with E-state index < -0.39 is 0 Å². The summed E-state index contributed by atoms with van der Waals surface area (Å²) in [6.45, 7) is 5.82. The largest absolute Gasteiger partial charge is 0.494 e. The predicted molar refractivity (Wildman–Crippen MR) is 61.3 cm³/mol. The van der Waals surface area contributed by atoms with Crippen LogP contribution >= 0.6 is 0 Å². The molecule has 0 aromatic heterocycles. The van der Waals surface area contributed by atoms with Crippen molar-refractivity contribution in [3.05, 3.63) is 47.4 Å². The molecule has 3 heteroatoms. The lowest BCUT2D eigenvalue weighted by molar-refractivity contribution is 0.185. The van der Waals surface area contributed by atoms with Gasteiger partial charge in [-0.1, -0.05) is 23.8 Å². The molecule has 1 aromatic rings. The Labute approximate surface area is 89.7 Å². The number of aliphatic hydroxyl groups excluding tert-OH is 1. The molecule has 1 N–H and O–H groups in total. The van der Waals surface area contributed by atoms with E-state index in [-0.39, 0.29) is 5.88 Å². The molecule has 0 unspecified atom stereocenters. The van der Waals surface area contributed by atoms with E-state index in [4.69, 9.17) is 9.84 Å². The maximum Gasteiger partial charge on any atom is 0.203 e. The fourth-order valence-corrected chi connectivity index (χ4v) is 1.27. The van der Waals surface area contributed by atoms with E-state index >= 15 is 0 Å². The summed E-state index contributed by atoms with van der Waals surface area (Å²) < 4.78 is 5.07. The number of methoxy groups -OCH3 is 1. The van der Waals surface area contributed by atoms with Crippen molar-refractivity contribution in [2.24, 2.45) is 4.99 Å². The summed E-state index contributed by atoms with van der Waals surface area (Å²) in [6, 6.07) is 5.99. The molecule has 0 saturated heterocycles. The smallest absolute Gasteiger partial charge is 0.203 e. The van der Waals surface area contributed by atoms with Gasteiger partial charge in [0.05, 0.1) is 6.61 Å². The van der Waals surface area contributed by atoms with E-state index in [1.165, 1.54) is 0 Å². The zero-order valence-electron chi connectivity index (χ0n) is 9.03. The minimum Gasteiger partial charge on any atom is -0.494 e. The molecule has 0 heterocycles. The van der Waals surface area contributed by atoms with Gasteiger partial charge in [-0.2, -0.15) is 0 Å². The number of aliphatic imine (C=N–C) groups is 1. The minimum atomic E-state index is -0.195. The summed E-state index contributed by atoms with van der Waals surface area (Å²) in [6.07, 6.45) is 1.59. The van der Waals surface area contributed by atoms with Crippen molar-refractivity contribution < 1.29 is 9.84 Å². The summed E-state index contributed by atoms with van der Waals surface area (Å²) in [5.74, 6) is -0.195. The fraction of sp³-hybridized carbons (Fsp3) is 0.250. The van der Waals surface area contributed by atoms with Crippen LogP contribution in [0.15, 0.2) is 35.7 Å². The van der Waals surface area contributed by atoms with E-state index in [1.807, 2.05) is 25.1 Å². The third-order valence-electron chi connectivity index (χ3n) is 1.95. The van der Waals surface area contributed by atoms with Gasteiger partial charge in [-0.05, 0) is 24.6 Å². The molecule has 80 valence electrons. The molecule has 0 aliphatic carbocycles. The van der Waals surface area contributed by atoms with Crippen molar-refractivity contribution in [2.45, 2.75) is 13.5 Å². The topological polar surface area (TPSA) is 41.8 Å². The Hall–Kier alpha value is -1.61. The maximum atomic E-state index is 8.88. The van der Waals surface area contributed by atoms with E-state index in [2.05, 4.69) is 11.6 Å². The van der Waals surface area contributed by atoms with Gasteiger partial charge in [0, 0.05) is 13.3 Å². The highest BCUT2D eigenvalue weighted by molar-refractivity contribution is 5.82. The summed E-state index contributed by atoms with van der Waals surface area (Å²) in [7, 11) is 1.64. The minimum absolute atomic E-state index is 0.195. The molecule has 0 fully saturated rings. The molecule has 0 saturated carbocycles. The Morgan fingerprint density at radius 2 is 2.33 bits per heavy atom. The maximum absolute atomic E-state index is 8.88. The van der Waals surface area contributed by atoms with Crippen LogP contribution in [0.4, 0.5) is 0 Å². The lowest BCUT2D eigenvalue weighted by Gasteiger charge is -2.05. The first-order chi connectivity index (χ1) is 7.13. The zero-order valence-corrected chi connectivity index (χ0v) is 9.03. The van der Waals surface area contributed by atoms with Gasteiger partial charge in [0.25, 0.3) is 0 Å². The van der Waals surface area contributed by atoms with Crippen molar-refractivity contribution in [2.75, 3.05) is 7.11 Å². The van der Waals surface area contributed by atoms with Crippen LogP contribution in [0.25, 0.3) is 0 Å². The zero-order chi connectivity index (χ0) is 11.3. The number of hydrogen-bond acceptors (Lipinski definition) is 3. The third-order valence-corrected chi connectivity index (χ3v) is 1.95. The average molecular weight is 205 g/mol. The van der Waals surface area contributed by atoms with Crippen LogP contribution in [0.3, 0.4) is 0 Å². The summed E-state index contributed by atoms with van der Waals surface area (Å²) >= 11 is 0. The number of aliphatic hydroxyl groups is 1. The number of rotatable bonds is 4. The molecule has 0 spiro atoms. The molecule has 0 radical (unpaired) electrons. The summed E-state index contributed by atoms with van der Waals surface area (Å²) in [4.78, 5) is 3.76. The van der Waals surface area contributed by atoms with Crippen molar-refractivity contribution >= 4 is 6.21 Å². The Balaban J connectivity index is 3.01. The first-order valence-corrected chi connectivity index (χ1v) is 4.64. The highest BCUT2D eigenvalue weighted by Gasteiger charge is 2.00. The van der Waals surface area contributed by atoms with Gasteiger partial charge in [0.1, 0.15) is 0 Å². The normalized spacial score (nSPS) is 10.8. The molecule has 0 amide bonds. The lowest BCUT2D eigenvalue weighted by atomic mass is 10.1. The Kier molecular flexibility index (Phi) is 4.06. The molecular weight excluding hydrogens is 190 g/mol. The second-order valence-electron chi connectivity index (χ2n) is 3.31. The lowest BCUT2D eigenvalue weighted by Crippen LogP contribution is -1.96. The van der Waals surface area contributed by atoms with E-state index in [0.29, 0.717) is 6.61 Å². The molecular formula is C12H15NO2. The number of benzene rings is 1. The molecule has 3 nitrogen and oxygen atoms in total. The Morgan fingerprint density at radius 3 is 2.93 bits per heavy atom. The third kappa shape index (κ3) is 3.56. The highest BCUT2D eigenvalue weighted by Crippen LogP contribution is 2.11. The van der Waals surface area contributed by atoms with Crippen LogP contribution in [-0.4, -0.2) is 18.4 Å². The standard InChI is InChI=1S/C12H15NO2/c1-9-4-5-11(8-15-3)12(6-9)7-13-10(2)14/h4-7,14H,2,8H2,1,3H3. The Morgan fingerprint density at radius 1 is 1.60 bits per heavy atom. The molecule has 15 heavy (non-hydrogen) atoms. The Bertz CT molecular complexity index is 383. The van der Waals surface area contributed by atoms with Crippen LogP contribution in [0.1, 0.15) is 16.7 Å². The van der Waals surface area contributed by atoms with Gasteiger partial charge in [-0.15, -0.1) is 0 Å². The average Bonchev–Trinajstić information content (AvgIpc) is 2.18. The van der Waals surface area contributed by atoms with Gasteiger partial charge in [-0.25, -0.2) is 4.99 Å². The van der Waals surface area contributed by atoms with E-state index in [0.717, 1.165) is 16.7 Å². The van der Waals surface area contributed by atoms with Crippen molar-refractivity contribution in [3.8, 4) is 0 Å². The van der Waals surface area contributed by atoms with Crippen LogP contribution in [0.2, 0.25) is 0 Å². The van der Waals surface area contributed by atoms with Crippen molar-refractivity contribution in [1.29, 1.82) is 0 Å². The van der Waals surface area contributed by atoms with Crippen molar-refractivity contribution in [1.82, 2.24) is 0 Å². The van der Waals surface area contributed by atoms with E-state index in [9.17, 15) is 0 Å². The van der Waals surface area contributed by atoms with Crippen LogP contribution in [0.5, 0.6) is 0 Å². The van der Waals surface area contributed by atoms with E-state index in [1.54, 1.807) is 13.3 Å². The summed E-state index contributed by atoms with van der Waals surface area (Å²) in [5, 5.41) is 8.88. The highest BCUT2D eigenvalue weighted by atomic mass is 16.5. The fourth-order valence-electron chi connectivity index (χ4n) is 1.27. The molecule has 0 bridgehead atoms. The van der Waals surface area contributed by atoms with Crippen LogP contribution < -0.4 is 0 Å². The van der Waals surface area contributed by atoms with Crippen LogP contribution in [0, 0.1) is 6.92 Å². The van der Waals surface area contributed by atoms with Crippen molar-refractivity contribution in [3.63, 3.8) is 0 Å². The summed E-state index contributed by atoms with van der Waals surface area (Å²) in [5.41, 5.74) is 3.11. The van der Waals surface area contributed by atoms with Gasteiger partial charge >= 0.3 is 0 Å². The quantitative estimate of drug-likeness (QED) is 0.606. The van der Waals surface area contributed by atoms with Crippen LogP contribution in [-0.2, 0) is 11.3 Å². The molecule has 0 aliphatic rings. The van der Waals surface area contributed by atoms with Gasteiger partial charge < -0.3 is 9.84 Å². The number of nitrogens with zero attached hydrogens (tertiary/aromatic N) is 1. The number of aryl methyl sites for hydroxylation is 1.